The van der Waals surface area contributed by atoms with Gasteiger partial charge in [-0.1, -0.05) is 167 Å². The molecule has 0 saturated carbocycles. The molecule has 12 amide bonds. The molecule has 10 N–H and O–H groups in total. The molecule has 0 fully saturated rings. The Hall–Kier alpha value is -11.2. The highest BCUT2D eigenvalue weighted by atomic mass is 31.2. The highest BCUT2D eigenvalue weighted by molar-refractivity contribution is 7.57. The molecular formula is C102H162N12O28P2. The lowest BCUT2D eigenvalue weighted by Gasteiger charge is -2.33. The van der Waals surface area contributed by atoms with Crippen LogP contribution in [0.4, 0.5) is 9.59 Å². The molecule has 4 rings (SSSR count). The molecule has 0 spiro atoms. The van der Waals surface area contributed by atoms with Crippen LogP contribution in [0.2, 0.25) is 0 Å². The first-order chi connectivity index (χ1) is 67.4. The number of rotatable bonds is 30. The summed E-state index contributed by atoms with van der Waals surface area (Å²) in [5, 5.41) is 21.5. The number of unbranched alkanes of at least 4 members (excludes halogenated alkanes) is 4. The van der Waals surface area contributed by atoms with Gasteiger partial charge in [-0.3, -0.25) is 57.0 Å². The first kappa shape index (κ1) is 127. The zero-order valence-corrected chi connectivity index (χ0v) is 90.8. The smallest absolute Gasteiger partial charge is 0.456 e. The number of nitrogens with one attached hydrogen (secondary N) is 8. The molecule has 0 radical (unpaired) electrons. The maximum atomic E-state index is 14.3. The van der Waals surface area contributed by atoms with E-state index in [2.05, 4.69) is 47.1 Å². The predicted octanol–water partition coefficient (Wildman–Crippen LogP) is 9.95. The maximum Gasteiger partial charge on any atom is 0.469 e. The number of phosphoric acid groups is 1. The van der Waals surface area contributed by atoms with Crippen LogP contribution in [-0.4, -0.2) is 290 Å². The fraction of sp³-hybridized carbons (Fsp3) is 0.647. The van der Waals surface area contributed by atoms with E-state index >= 15 is 0 Å². The van der Waals surface area contributed by atoms with Crippen molar-refractivity contribution in [3.63, 3.8) is 0 Å². The molecule has 2 aromatic carbocycles. The summed E-state index contributed by atoms with van der Waals surface area (Å²) in [6.45, 7) is 36.1. The minimum absolute atomic E-state index is 0.0440. The Kier molecular flexibility index (Phi) is 55.8. The van der Waals surface area contributed by atoms with Crippen molar-refractivity contribution in [2.24, 2.45) is 35.5 Å². The van der Waals surface area contributed by atoms with Gasteiger partial charge in [0.2, 0.25) is 47.3 Å². The number of carbonyl (C=O) groups is 16. The van der Waals surface area contributed by atoms with Crippen LogP contribution in [0.15, 0.2) is 107 Å². The van der Waals surface area contributed by atoms with Crippen molar-refractivity contribution in [1.29, 1.82) is 0 Å². The molecule has 2 aliphatic rings. The summed E-state index contributed by atoms with van der Waals surface area (Å²) in [5.41, 5.74) is 2.71. The number of hydrogen-bond donors (Lipinski definition) is 10. The highest BCUT2D eigenvalue weighted by Crippen LogP contribution is 2.38. The predicted molar refractivity (Wildman–Crippen MR) is 542 cm³/mol. The first-order valence-corrected chi connectivity index (χ1v) is 53.6. The third-order valence-corrected chi connectivity index (χ3v) is 26.3. The second kappa shape index (κ2) is 63.3. The molecule has 0 saturated heterocycles. The quantitative estimate of drug-likeness (QED) is 0.0114. The lowest BCUT2D eigenvalue weighted by molar-refractivity contribution is -0.155. The summed E-state index contributed by atoms with van der Waals surface area (Å²) < 4.78 is 68.2. The number of amides is 12. The van der Waals surface area contributed by atoms with Gasteiger partial charge in [-0.25, -0.2) is 33.3 Å². The van der Waals surface area contributed by atoms with Crippen LogP contribution in [-0.2, 0) is 127 Å². The molecule has 0 aromatic heterocycles. The number of hydrogen-bond acceptors (Lipinski definition) is 26. The Balaban J connectivity index is 0.000000740. The number of phosphoric ester groups is 1. The number of alkyl carbamates (subject to hydrolysis) is 2. The maximum absolute atomic E-state index is 14.3. The molecule has 0 bridgehead atoms. The minimum atomic E-state index is -4.61. The van der Waals surface area contributed by atoms with Crippen LogP contribution in [0.25, 0.3) is 0 Å². The summed E-state index contributed by atoms with van der Waals surface area (Å²) in [6, 6.07) is 8.45. The molecule has 2 unspecified atom stereocenters. The molecule has 144 heavy (non-hydrogen) atoms. The lowest BCUT2D eigenvalue weighted by atomic mass is 9.90. The van der Waals surface area contributed by atoms with Crippen molar-refractivity contribution in [3.05, 3.63) is 118 Å². The van der Waals surface area contributed by atoms with Gasteiger partial charge < -0.3 is 105 Å². The van der Waals surface area contributed by atoms with Crippen LogP contribution < -0.4 is 42.5 Å². The Morgan fingerprint density at radius 1 is 0.472 bits per heavy atom. The zero-order valence-electron chi connectivity index (χ0n) is 89.0. The van der Waals surface area contributed by atoms with Gasteiger partial charge in [0.05, 0.1) is 26.3 Å². The average molecular weight is 2070 g/mol. The lowest BCUT2D eigenvalue weighted by Crippen LogP contribution is -2.57. The summed E-state index contributed by atoms with van der Waals surface area (Å²) >= 11 is 0. The molecule has 808 valence electrons. The molecule has 18 atom stereocenters. The monoisotopic (exact) mass is 2070 g/mol. The van der Waals surface area contributed by atoms with E-state index in [0.29, 0.717) is 74.7 Å². The molecular weight excluding hydrogens is 1900 g/mol. The normalized spacial score (nSPS) is 25.8. The number of likely N-dealkylation sites (N-methyl/N-ethyl adjacent to an activating group) is 4. The van der Waals surface area contributed by atoms with Crippen molar-refractivity contribution in [2.45, 2.75) is 313 Å². The van der Waals surface area contributed by atoms with Gasteiger partial charge in [0.15, 0.2) is 19.6 Å². The fourth-order valence-electron chi connectivity index (χ4n) is 15.4. The topological polar surface area (TPSA) is 531 Å². The van der Waals surface area contributed by atoms with E-state index in [1.54, 1.807) is 135 Å². The first-order valence-electron chi connectivity index (χ1n) is 49.5. The molecule has 2 aliphatic heterocycles. The number of carbonyl (C=O) groups excluding carboxylic acids is 16. The van der Waals surface area contributed by atoms with E-state index in [1.165, 1.54) is 91.7 Å². The average Bonchev–Trinajstić information content (AvgIpc) is 0.839. The van der Waals surface area contributed by atoms with Crippen LogP contribution in [0.5, 0.6) is 0 Å². The number of esters is 4. The third kappa shape index (κ3) is 45.2. The van der Waals surface area contributed by atoms with Crippen molar-refractivity contribution >= 4 is 110 Å². The summed E-state index contributed by atoms with van der Waals surface area (Å²) in [6.07, 6.45) is 2.06. The van der Waals surface area contributed by atoms with Crippen molar-refractivity contribution in [2.75, 3.05) is 80.9 Å². The van der Waals surface area contributed by atoms with E-state index in [-0.39, 0.29) is 81.2 Å². The molecule has 0 aliphatic carbocycles. The number of cyclic esters (lactones) is 4. The number of allylic oxidation sites excluding steroid dienone is 2. The SMILES string of the molecule is C/C=C(\C)[C@H]1OC(=O)[C@@H](C)NC(=O)[C@H](C(C)CC)NC(=O)CN(C)C(=O)[C@@H](Cc2ccccc2)N(C)C(=O)[C@H](C)NC(=O)[C@@H](CC(C)C)OC(=O)/C(C)=C/C[C@H](OC(=O)NCCCCCOP(=O)(O)O)[C@@H]1C.C/C=C(\C)[C@H]1OC(=O)[C@@H](C)NC(=O)[C@H](C(C)CC)NC(=O)CN(C)C(=O)[C@@H](Cc2ccccc2)N(C)C(=O)[C@H](C)NC(=O)[C@@H](CC(C)C)OC(=O)/C(C)=C/C[C@H](OC(=O)NCCCCCOP(C)(C)=O)[C@@H]1C. The number of nitrogens with zero attached hydrogens (tertiary/aromatic N) is 4. The Morgan fingerprint density at radius 3 is 1.12 bits per heavy atom. The van der Waals surface area contributed by atoms with E-state index in [9.17, 15) is 85.8 Å². The van der Waals surface area contributed by atoms with Crippen LogP contribution in [0.1, 0.15) is 227 Å². The van der Waals surface area contributed by atoms with E-state index in [1.807, 2.05) is 47.6 Å². The summed E-state index contributed by atoms with van der Waals surface area (Å²) in [7, 11) is -1.58. The van der Waals surface area contributed by atoms with E-state index in [4.69, 9.17) is 42.7 Å². The van der Waals surface area contributed by atoms with Crippen LogP contribution in [0.3, 0.4) is 0 Å². The van der Waals surface area contributed by atoms with Crippen LogP contribution in [0, 0.1) is 35.5 Å². The van der Waals surface area contributed by atoms with Crippen molar-refractivity contribution < 1.29 is 133 Å². The summed E-state index contributed by atoms with van der Waals surface area (Å²) in [5.74, 6) is -12.8. The second-order valence-electron chi connectivity index (χ2n) is 38.5. The van der Waals surface area contributed by atoms with Gasteiger partial charge >= 0.3 is 43.9 Å². The highest BCUT2D eigenvalue weighted by Gasteiger charge is 2.42. The van der Waals surface area contributed by atoms with Gasteiger partial charge in [-0.2, -0.15) is 0 Å². The molecule has 42 heteroatoms. The number of benzene rings is 2. The van der Waals surface area contributed by atoms with E-state index in [0.717, 1.165) is 15.4 Å². The van der Waals surface area contributed by atoms with Gasteiger partial charge in [0.25, 0.3) is 11.8 Å². The van der Waals surface area contributed by atoms with Crippen molar-refractivity contribution in [1.82, 2.24) is 62.1 Å². The Morgan fingerprint density at radius 2 is 0.806 bits per heavy atom. The van der Waals surface area contributed by atoms with Gasteiger partial charge in [0, 0.05) is 103 Å². The largest absolute Gasteiger partial charge is 0.469 e. The standard InChI is InChI=1S/C52H83N6O13P.C50H79N6O15P/c1-15-33(5)44-47(61)55-38(10)51(65)71-45(34(6)16-2)36(8)41(70-52(66)53-27-21-18-22-28-68-72(13,14)67)26-25-35(7)50(64)69-42(29-32(3)4)46(60)54-37(9)48(62)58(12)40(30-39-23-19-17-20-24-39)49(63)57(11)31-43(59)56-44;1-13-31(5)42-45(59)53-36(10)49(63)71-43(32(6)14-2)34(8)39(70-50(64)51-25-19-16-20-26-68-72(65,66)67)24-23-33(7)48(62)69-40(27-30(3)4)44(58)52-35(9)46(60)56(12)38(28-37-21-17-15-18-22-37)47(61)55(11)29-41(57)54-42/h16-17,19-20,23-25,32-33,36-38,40-42,44-45H,15,18,21-22,26-31H2,1-14H3,(H,53,66)(H,54,60)(H,55,61)(H,56,59);14-15,17-18,21-23,30-31,34-36,38-40,42-43H,13,16,19-20,24-29H2,1-12H3,(H,51,64)(H,52,58)(H,53,59)(H,54,57)(H2,65,66,67)/b34-16+,35-25+;32-14+,33-23+/t33?,36-,37-,38+,40+,41-,42+,44-,45+;31?,34-,35-,36+,38+,39-,40+,42-,43+/m00/s1. The fourth-order valence-corrected chi connectivity index (χ4v) is 16.3. The van der Waals surface area contributed by atoms with Gasteiger partial charge in [0.1, 0.15) is 72.8 Å². The minimum Gasteiger partial charge on any atom is -0.456 e. The molecule has 2 aromatic rings. The second-order valence-corrected chi connectivity index (χ2v) is 42.5. The molecule has 2 heterocycles. The van der Waals surface area contributed by atoms with Gasteiger partial charge in [-0.05, 0) is 167 Å². The number of ether oxygens (including phenoxy) is 6. The van der Waals surface area contributed by atoms with Crippen molar-refractivity contribution in [3.8, 4) is 0 Å². The van der Waals surface area contributed by atoms with E-state index < -0.39 is 232 Å². The third-order valence-electron chi connectivity index (χ3n) is 25.0. The molecule has 40 nitrogen and oxygen atoms in total. The Labute approximate surface area is 849 Å². The summed E-state index contributed by atoms with van der Waals surface area (Å²) in [4.78, 5) is 244. The zero-order chi connectivity index (χ0) is 109. The van der Waals surface area contributed by atoms with Gasteiger partial charge in [-0.15, -0.1) is 0 Å². The van der Waals surface area contributed by atoms with Crippen LogP contribution >= 0.6 is 15.2 Å². The Bertz CT molecular complexity index is 4520.